The van der Waals surface area contributed by atoms with E-state index in [1.54, 1.807) is 19.9 Å². The predicted octanol–water partition coefficient (Wildman–Crippen LogP) is 3.93. The number of carboxylic acid groups (broad SMARTS) is 1. The quantitative estimate of drug-likeness (QED) is 0.900. The molecule has 0 spiro atoms. The molecular formula is C14H12ClFN2O2. The van der Waals surface area contributed by atoms with E-state index < -0.39 is 11.8 Å². The minimum atomic E-state index is -1.10. The van der Waals surface area contributed by atoms with Crippen molar-refractivity contribution in [1.29, 1.82) is 0 Å². The number of carbonyl (C=O) groups is 1. The van der Waals surface area contributed by atoms with Gasteiger partial charge in [-0.1, -0.05) is 11.6 Å². The number of pyridine rings is 1. The van der Waals surface area contributed by atoms with Gasteiger partial charge in [-0.15, -0.1) is 0 Å². The molecule has 0 amide bonds. The van der Waals surface area contributed by atoms with Gasteiger partial charge in [-0.3, -0.25) is 0 Å². The zero-order valence-corrected chi connectivity index (χ0v) is 11.6. The lowest BCUT2D eigenvalue weighted by Gasteiger charge is -2.12. The molecule has 0 saturated carbocycles. The summed E-state index contributed by atoms with van der Waals surface area (Å²) in [6.07, 6.45) is 0. The van der Waals surface area contributed by atoms with E-state index in [4.69, 9.17) is 11.6 Å². The SMILES string of the molecule is Cc1cc(C)c(C(=O)O)c(Nc2cc(F)cc(Cl)c2)n1. The summed E-state index contributed by atoms with van der Waals surface area (Å²) in [6, 6.07) is 5.55. The highest BCUT2D eigenvalue weighted by atomic mass is 35.5. The van der Waals surface area contributed by atoms with Gasteiger partial charge < -0.3 is 10.4 Å². The van der Waals surface area contributed by atoms with Crippen molar-refractivity contribution in [2.75, 3.05) is 5.32 Å². The van der Waals surface area contributed by atoms with Crippen LogP contribution in [0.1, 0.15) is 21.6 Å². The van der Waals surface area contributed by atoms with Gasteiger partial charge in [0.1, 0.15) is 17.2 Å². The third kappa shape index (κ3) is 3.05. The van der Waals surface area contributed by atoms with Gasteiger partial charge in [0.2, 0.25) is 0 Å². The van der Waals surface area contributed by atoms with Crippen LogP contribution in [-0.2, 0) is 0 Å². The summed E-state index contributed by atoms with van der Waals surface area (Å²) in [6.45, 7) is 3.43. The van der Waals surface area contributed by atoms with E-state index in [0.29, 0.717) is 16.9 Å². The lowest BCUT2D eigenvalue weighted by atomic mass is 10.1. The van der Waals surface area contributed by atoms with Crippen LogP contribution in [0.2, 0.25) is 5.02 Å². The maximum atomic E-state index is 13.3. The third-order valence-electron chi connectivity index (χ3n) is 2.68. The molecule has 6 heteroatoms. The minimum Gasteiger partial charge on any atom is -0.478 e. The molecule has 1 heterocycles. The largest absolute Gasteiger partial charge is 0.478 e. The molecule has 104 valence electrons. The fraction of sp³-hybridized carbons (Fsp3) is 0.143. The van der Waals surface area contributed by atoms with Crippen molar-refractivity contribution in [3.63, 3.8) is 0 Å². The number of benzene rings is 1. The molecule has 20 heavy (non-hydrogen) atoms. The van der Waals surface area contributed by atoms with Crippen LogP contribution in [0.3, 0.4) is 0 Å². The molecule has 0 bridgehead atoms. The van der Waals surface area contributed by atoms with Crippen LogP contribution in [0, 0.1) is 19.7 Å². The summed E-state index contributed by atoms with van der Waals surface area (Å²) in [5, 5.41) is 12.3. The Morgan fingerprint density at radius 2 is 2.00 bits per heavy atom. The number of aromatic carboxylic acids is 1. The van der Waals surface area contributed by atoms with E-state index in [9.17, 15) is 14.3 Å². The topological polar surface area (TPSA) is 62.2 Å². The van der Waals surface area contributed by atoms with Crippen LogP contribution < -0.4 is 5.32 Å². The molecule has 0 aliphatic carbocycles. The molecule has 1 aromatic heterocycles. The van der Waals surface area contributed by atoms with Crippen molar-refractivity contribution < 1.29 is 14.3 Å². The summed E-state index contributed by atoms with van der Waals surface area (Å²) >= 11 is 5.76. The monoisotopic (exact) mass is 294 g/mol. The normalized spacial score (nSPS) is 10.4. The third-order valence-corrected chi connectivity index (χ3v) is 2.90. The van der Waals surface area contributed by atoms with Crippen molar-refractivity contribution >= 4 is 29.1 Å². The second kappa shape index (κ2) is 5.46. The van der Waals surface area contributed by atoms with Gasteiger partial charge in [-0.25, -0.2) is 14.2 Å². The fourth-order valence-corrected chi connectivity index (χ4v) is 2.18. The van der Waals surface area contributed by atoms with Gasteiger partial charge >= 0.3 is 5.97 Å². The van der Waals surface area contributed by atoms with Gasteiger partial charge in [-0.2, -0.15) is 0 Å². The molecule has 0 radical (unpaired) electrons. The summed E-state index contributed by atoms with van der Waals surface area (Å²) < 4.78 is 13.3. The Balaban J connectivity index is 2.49. The number of anilines is 2. The smallest absolute Gasteiger partial charge is 0.339 e. The number of aryl methyl sites for hydroxylation is 2. The second-order valence-corrected chi connectivity index (χ2v) is 4.83. The second-order valence-electron chi connectivity index (χ2n) is 4.39. The summed E-state index contributed by atoms with van der Waals surface area (Å²) in [4.78, 5) is 15.5. The maximum absolute atomic E-state index is 13.3. The number of hydrogen-bond donors (Lipinski definition) is 2. The fourth-order valence-electron chi connectivity index (χ4n) is 1.96. The Morgan fingerprint density at radius 3 is 2.60 bits per heavy atom. The number of carboxylic acids is 1. The van der Waals surface area contributed by atoms with Gasteiger partial charge in [0.05, 0.1) is 0 Å². The number of aromatic nitrogens is 1. The zero-order chi connectivity index (χ0) is 14.9. The molecule has 4 nitrogen and oxygen atoms in total. The number of hydrogen-bond acceptors (Lipinski definition) is 3. The molecule has 0 aliphatic rings. The van der Waals surface area contributed by atoms with E-state index >= 15 is 0 Å². The number of nitrogens with one attached hydrogen (secondary N) is 1. The van der Waals surface area contributed by atoms with E-state index in [1.807, 2.05) is 0 Å². The average Bonchev–Trinajstić information content (AvgIpc) is 2.25. The molecule has 0 aliphatic heterocycles. The van der Waals surface area contributed by atoms with E-state index in [1.165, 1.54) is 18.2 Å². The molecule has 2 N–H and O–H groups in total. The molecule has 0 saturated heterocycles. The lowest BCUT2D eigenvalue weighted by Crippen LogP contribution is -2.08. The van der Waals surface area contributed by atoms with Gasteiger partial charge in [0.15, 0.2) is 0 Å². The first kappa shape index (κ1) is 14.3. The first-order valence-electron chi connectivity index (χ1n) is 5.81. The Bertz CT molecular complexity index is 669. The highest BCUT2D eigenvalue weighted by Gasteiger charge is 2.16. The Labute approximate surface area is 120 Å². The van der Waals surface area contributed by atoms with Crippen LogP contribution in [0.4, 0.5) is 15.9 Å². The van der Waals surface area contributed by atoms with Crippen LogP contribution in [-0.4, -0.2) is 16.1 Å². The first-order chi connectivity index (χ1) is 9.36. The number of halogens is 2. The first-order valence-corrected chi connectivity index (χ1v) is 6.19. The molecule has 0 atom stereocenters. The average molecular weight is 295 g/mol. The van der Waals surface area contributed by atoms with Crippen molar-refractivity contribution in [1.82, 2.24) is 4.98 Å². The molecule has 2 aromatic rings. The van der Waals surface area contributed by atoms with Crippen LogP contribution in [0.5, 0.6) is 0 Å². The molecule has 0 fully saturated rings. The van der Waals surface area contributed by atoms with Crippen LogP contribution in [0.25, 0.3) is 0 Å². The summed E-state index contributed by atoms with van der Waals surface area (Å²) in [5.74, 6) is -1.45. The van der Waals surface area contributed by atoms with Crippen LogP contribution >= 0.6 is 11.6 Å². The van der Waals surface area contributed by atoms with Gasteiger partial charge in [0, 0.05) is 16.4 Å². The number of rotatable bonds is 3. The van der Waals surface area contributed by atoms with E-state index in [-0.39, 0.29) is 16.4 Å². The predicted molar refractivity (Wildman–Crippen MR) is 75.4 cm³/mol. The van der Waals surface area contributed by atoms with E-state index in [0.717, 1.165) is 0 Å². The van der Waals surface area contributed by atoms with Crippen molar-refractivity contribution in [2.24, 2.45) is 0 Å². The van der Waals surface area contributed by atoms with Crippen molar-refractivity contribution in [3.8, 4) is 0 Å². The van der Waals surface area contributed by atoms with Crippen LogP contribution in [0.15, 0.2) is 24.3 Å². The highest BCUT2D eigenvalue weighted by Crippen LogP contribution is 2.25. The van der Waals surface area contributed by atoms with Crippen molar-refractivity contribution in [2.45, 2.75) is 13.8 Å². The van der Waals surface area contributed by atoms with Crippen molar-refractivity contribution in [3.05, 3.63) is 51.9 Å². The molecule has 0 unspecified atom stereocenters. The Morgan fingerprint density at radius 1 is 1.30 bits per heavy atom. The Hall–Kier alpha value is -2.14. The maximum Gasteiger partial charge on any atom is 0.339 e. The van der Waals surface area contributed by atoms with Gasteiger partial charge in [-0.05, 0) is 43.7 Å². The molecule has 1 aromatic carbocycles. The Kier molecular flexibility index (Phi) is 3.90. The summed E-state index contributed by atoms with van der Waals surface area (Å²) in [5.41, 5.74) is 1.64. The number of nitrogens with zero attached hydrogens (tertiary/aromatic N) is 1. The van der Waals surface area contributed by atoms with Gasteiger partial charge in [0.25, 0.3) is 0 Å². The lowest BCUT2D eigenvalue weighted by molar-refractivity contribution is 0.0697. The minimum absolute atomic E-state index is 0.0518. The highest BCUT2D eigenvalue weighted by molar-refractivity contribution is 6.30. The summed E-state index contributed by atoms with van der Waals surface area (Å²) in [7, 11) is 0. The molecular weight excluding hydrogens is 283 g/mol. The molecule has 2 rings (SSSR count). The standard InChI is InChI=1S/C14H12ClFN2O2/c1-7-3-8(2)17-13(12(7)14(19)20)18-11-5-9(15)4-10(16)6-11/h3-6H,1-2H3,(H,17,18)(H,19,20). The zero-order valence-electron chi connectivity index (χ0n) is 10.9. The van der Waals surface area contributed by atoms with E-state index in [2.05, 4.69) is 10.3 Å².